The first-order valence-corrected chi connectivity index (χ1v) is 14.2. The summed E-state index contributed by atoms with van der Waals surface area (Å²) in [5, 5.41) is 0. The molecule has 0 rings (SSSR count). The van der Waals surface area contributed by atoms with Crippen LogP contribution in [0.1, 0.15) is 58.8 Å². The molecule has 22 heavy (non-hydrogen) atoms. The molecular formula is C17H40ClO2PSi. The van der Waals surface area contributed by atoms with Gasteiger partial charge in [0.15, 0.2) is 0 Å². The Labute approximate surface area is 148 Å². The van der Waals surface area contributed by atoms with Gasteiger partial charge < -0.3 is 21.3 Å². The summed E-state index contributed by atoms with van der Waals surface area (Å²) in [5.41, 5.74) is 0. The number of halogens is 1. The Morgan fingerprint density at radius 1 is 0.773 bits per heavy atom. The molecule has 0 N–H and O–H groups in total. The van der Waals surface area contributed by atoms with E-state index >= 15 is 0 Å². The van der Waals surface area contributed by atoms with Gasteiger partial charge in [0.05, 0.1) is 12.3 Å². The lowest BCUT2D eigenvalue weighted by Gasteiger charge is -2.27. The third-order valence-corrected chi connectivity index (χ3v) is 11.5. The molecule has 0 bridgehead atoms. The highest BCUT2D eigenvalue weighted by atomic mass is 35.5. The molecule has 0 aliphatic carbocycles. The second-order valence-electron chi connectivity index (χ2n) is 6.93. The van der Waals surface area contributed by atoms with Gasteiger partial charge in [0.25, 0.3) is 0 Å². The van der Waals surface area contributed by atoms with Crippen molar-refractivity contribution in [3.8, 4) is 0 Å². The van der Waals surface area contributed by atoms with Gasteiger partial charge in [-0.1, -0.05) is 39.5 Å². The van der Waals surface area contributed by atoms with Crippen LogP contribution in [0.2, 0.25) is 12.1 Å². The summed E-state index contributed by atoms with van der Waals surface area (Å²) in [4.78, 5) is 0. The molecule has 0 aromatic rings. The molecule has 0 aliphatic rings. The maximum absolute atomic E-state index is 5.72. The lowest BCUT2D eigenvalue weighted by Crippen LogP contribution is -3.00. The van der Waals surface area contributed by atoms with Gasteiger partial charge >= 0.3 is 8.56 Å². The number of rotatable bonds is 14. The Balaban J connectivity index is 0. The molecule has 0 unspecified atom stereocenters. The van der Waals surface area contributed by atoms with E-state index in [0.29, 0.717) is 0 Å². The molecule has 0 aromatic heterocycles. The monoisotopic (exact) mass is 370 g/mol. The summed E-state index contributed by atoms with van der Waals surface area (Å²) >= 11 is 0. The fourth-order valence-electron chi connectivity index (χ4n) is 2.96. The molecule has 2 nitrogen and oxygen atoms in total. The van der Waals surface area contributed by atoms with Crippen molar-refractivity contribution in [2.45, 2.75) is 70.9 Å². The minimum atomic E-state index is -1.85. The average molecular weight is 371 g/mol. The van der Waals surface area contributed by atoms with Crippen molar-refractivity contribution in [3.05, 3.63) is 0 Å². The first-order chi connectivity index (χ1) is 9.95. The van der Waals surface area contributed by atoms with Crippen molar-refractivity contribution in [1.29, 1.82) is 0 Å². The van der Waals surface area contributed by atoms with E-state index in [1.807, 2.05) is 14.2 Å². The molecule has 136 valence electrons. The smallest absolute Gasteiger partial charge is 0.337 e. The third kappa shape index (κ3) is 11.4. The summed E-state index contributed by atoms with van der Waals surface area (Å²) in [7, 11) is 1.10. The number of hydrogen-bond acceptors (Lipinski definition) is 2. The Morgan fingerprint density at radius 2 is 1.27 bits per heavy atom. The second-order valence-corrected chi connectivity index (χ2v) is 15.5. The summed E-state index contributed by atoms with van der Waals surface area (Å²) < 4.78 is 11.4. The summed E-state index contributed by atoms with van der Waals surface area (Å²) in [6, 6.07) is 2.23. The van der Waals surface area contributed by atoms with Crippen LogP contribution in [-0.4, -0.2) is 48.4 Å². The third-order valence-electron chi connectivity index (χ3n) is 4.72. The largest absolute Gasteiger partial charge is 1.00 e. The fraction of sp³-hybridized carbons (Fsp3) is 1.00. The zero-order valence-corrected chi connectivity index (χ0v) is 18.6. The molecule has 0 saturated heterocycles. The number of unbranched alkanes of at least 4 members (excludes halogenated alkanes) is 5. The number of hydrogen-bond donors (Lipinski definition) is 0. The van der Waals surface area contributed by atoms with Crippen LogP contribution < -0.4 is 12.4 Å². The van der Waals surface area contributed by atoms with Crippen LogP contribution in [0, 0.1) is 0 Å². The highest BCUT2D eigenvalue weighted by Crippen LogP contribution is 2.52. The van der Waals surface area contributed by atoms with E-state index in [1.165, 1.54) is 57.3 Å². The van der Waals surface area contributed by atoms with Gasteiger partial charge in [-0.05, 0) is 31.4 Å². The van der Waals surface area contributed by atoms with Gasteiger partial charge in [-0.15, -0.1) is 0 Å². The van der Waals surface area contributed by atoms with Gasteiger partial charge in [-0.3, -0.25) is 0 Å². The molecule has 0 fully saturated rings. The van der Waals surface area contributed by atoms with Gasteiger partial charge in [-0.2, -0.15) is 0 Å². The molecule has 0 aromatic carbocycles. The molecular weight excluding hydrogens is 331 g/mol. The average Bonchev–Trinajstić information content (AvgIpc) is 2.48. The molecule has 0 amide bonds. The maximum atomic E-state index is 5.72. The van der Waals surface area contributed by atoms with Gasteiger partial charge in [0.1, 0.15) is 0 Å². The molecule has 0 spiro atoms. The Hall–Kier alpha value is 0.857. The molecule has 5 heteroatoms. The van der Waals surface area contributed by atoms with Crippen LogP contribution in [0.4, 0.5) is 0 Å². The normalized spacial score (nSPS) is 12.3. The van der Waals surface area contributed by atoms with E-state index in [1.54, 1.807) is 0 Å². The minimum Gasteiger partial charge on any atom is -1.00 e. The zero-order valence-electron chi connectivity index (χ0n) is 15.9. The van der Waals surface area contributed by atoms with Gasteiger partial charge in [0, 0.05) is 34.8 Å². The van der Waals surface area contributed by atoms with E-state index in [9.17, 15) is 0 Å². The quantitative estimate of drug-likeness (QED) is 0.266. The van der Waals surface area contributed by atoms with Crippen molar-refractivity contribution in [3.63, 3.8) is 0 Å². The first-order valence-electron chi connectivity index (χ1n) is 8.87. The zero-order chi connectivity index (χ0) is 16.2. The Bertz CT molecular complexity index is 241. The standard InChI is InChI=1S/C17H40O2PSi.ClH/c1-7-9-10-11-12-13-15-20(5,6)16-14-17-21(8-2,18-3)19-4;/h7-17H2,1-6H3;1H/q+1;/p-1. The van der Waals surface area contributed by atoms with E-state index in [4.69, 9.17) is 8.85 Å². The SMILES string of the molecule is CCCCCCCC[P+](C)(C)CCC[Si](CC)(OC)OC.[Cl-]. The second kappa shape index (κ2) is 14.2. The van der Waals surface area contributed by atoms with Crippen LogP contribution in [0.15, 0.2) is 0 Å². The summed E-state index contributed by atoms with van der Waals surface area (Å²) in [5.74, 6) is 0. The first kappa shape index (κ1) is 25.1. The Kier molecular flexibility index (Phi) is 16.2. The van der Waals surface area contributed by atoms with E-state index in [2.05, 4.69) is 27.2 Å². The van der Waals surface area contributed by atoms with E-state index < -0.39 is 15.8 Å². The minimum absolute atomic E-state index is 0. The highest BCUT2D eigenvalue weighted by molar-refractivity contribution is 7.74. The summed E-state index contributed by atoms with van der Waals surface area (Å²) in [6.45, 7) is 9.56. The van der Waals surface area contributed by atoms with E-state index in [0.717, 1.165) is 12.1 Å². The van der Waals surface area contributed by atoms with Crippen molar-refractivity contribution in [2.24, 2.45) is 0 Å². The summed E-state index contributed by atoms with van der Waals surface area (Å²) in [6.07, 6.45) is 12.7. The lowest BCUT2D eigenvalue weighted by molar-refractivity contribution is -0.00000665. The predicted octanol–water partition coefficient (Wildman–Crippen LogP) is 2.77. The van der Waals surface area contributed by atoms with Crippen molar-refractivity contribution in [1.82, 2.24) is 0 Å². The molecule has 0 radical (unpaired) electrons. The Morgan fingerprint density at radius 3 is 1.77 bits per heavy atom. The van der Waals surface area contributed by atoms with Crippen LogP contribution in [0.25, 0.3) is 0 Å². The van der Waals surface area contributed by atoms with Gasteiger partial charge in [-0.25, -0.2) is 0 Å². The molecule has 0 saturated carbocycles. The van der Waals surface area contributed by atoms with Crippen molar-refractivity contribution < 1.29 is 21.3 Å². The van der Waals surface area contributed by atoms with Crippen molar-refractivity contribution in [2.75, 3.05) is 39.9 Å². The molecule has 0 aliphatic heterocycles. The van der Waals surface area contributed by atoms with Crippen LogP contribution in [0.5, 0.6) is 0 Å². The predicted molar refractivity (Wildman–Crippen MR) is 102 cm³/mol. The van der Waals surface area contributed by atoms with Crippen molar-refractivity contribution >= 4 is 15.8 Å². The topological polar surface area (TPSA) is 18.5 Å². The van der Waals surface area contributed by atoms with Crippen LogP contribution in [-0.2, 0) is 8.85 Å². The molecule has 0 atom stereocenters. The van der Waals surface area contributed by atoms with Crippen LogP contribution >= 0.6 is 7.26 Å². The van der Waals surface area contributed by atoms with E-state index in [-0.39, 0.29) is 12.4 Å². The molecule has 0 heterocycles. The fourth-order valence-corrected chi connectivity index (χ4v) is 7.80. The highest BCUT2D eigenvalue weighted by Gasteiger charge is 2.34. The van der Waals surface area contributed by atoms with Crippen LogP contribution in [0.3, 0.4) is 0 Å². The lowest BCUT2D eigenvalue weighted by atomic mass is 10.1. The van der Waals surface area contributed by atoms with Gasteiger partial charge in [0.2, 0.25) is 0 Å². The maximum Gasteiger partial charge on any atom is 0.337 e.